The molecule has 0 atom stereocenters. The van der Waals surface area contributed by atoms with Gasteiger partial charge in [-0.15, -0.1) is 11.3 Å². The molecule has 0 radical (unpaired) electrons. The average Bonchev–Trinajstić information content (AvgIpc) is 2.99. The van der Waals surface area contributed by atoms with Crippen LogP contribution in [0.5, 0.6) is 5.75 Å². The molecule has 0 aliphatic carbocycles. The minimum Gasteiger partial charge on any atom is -0.507 e. The first-order valence-electron chi connectivity index (χ1n) is 7.17. The summed E-state index contributed by atoms with van der Waals surface area (Å²) in [6.45, 7) is 1.24. The Kier molecular flexibility index (Phi) is 6.07. The van der Waals surface area contributed by atoms with Gasteiger partial charge in [0.15, 0.2) is 11.7 Å². The number of carbonyl (C=O) groups excluding carboxylic acids is 3. The molecule has 9 heteroatoms. The molecule has 1 amide bonds. The van der Waals surface area contributed by atoms with E-state index in [1.807, 2.05) is 0 Å². The number of aromatic nitrogens is 1. The molecule has 1 aromatic carbocycles. The number of hydrogen-bond acceptors (Lipinski definition) is 8. The van der Waals surface area contributed by atoms with Gasteiger partial charge in [0, 0.05) is 5.38 Å². The van der Waals surface area contributed by atoms with Gasteiger partial charge in [0.05, 0.1) is 19.2 Å². The van der Waals surface area contributed by atoms with Crippen LogP contribution < -0.4 is 5.32 Å². The summed E-state index contributed by atoms with van der Waals surface area (Å²) in [5.74, 6) is -2.04. The Morgan fingerprint density at radius 3 is 2.76 bits per heavy atom. The fourth-order valence-electron chi connectivity index (χ4n) is 1.84. The van der Waals surface area contributed by atoms with E-state index in [0.29, 0.717) is 5.69 Å². The monoisotopic (exact) mass is 364 g/mol. The van der Waals surface area contributed by atoms with Gasteiger partial charge in [-0.25, -0.2) is 9.78 Å². The molecule has 2 aromatic rings. The molecule has 2 rings (SSSR count). The van der Waals surface area contributed by atoms with E-state index < -0.39 is 24.5 Å². The van der Waals surface area contributed by atoms with Crippen LogP contribution in [0.25, 0.3) is 0 Å². The topological polar surface area (TPSA) is 115 Å². The summed E-state index contributed by atoms with van der Waals surface area (Å²) in [6.07, 6.45) is 0.00452. The SMILES string of the molecule is COC(=O)Cc1csc(NC(=O)COC(=O)c2ccc(C)cc2O)n1. The lowest BCUT2D eigenvalue weighted by atomic mass is 10.1. The Labute approximate surface area is 147 Å². The van der Waals surface area contributed by atoms with Crippen molar-refractivity contribution in [2.75, 3.05) is 19.0 Å². The first-order chi connectivity index (χ1) is 11.9. The van der Waals surface area contributed by atoms with Crippen LogP contribution in [0.3, 0.4) is 0 Å². The first-order valence-corrected chi connectivity index (χ1v) is 8.05. The molecule has 0 fully saturated rings. The maximum Gasteiger partial charge on any atom is 0.342 e. The second kappa shape index (κ2) is 8.25. The van der Waals surface area contributed by atoms with Gasteiger partial charge in [0.2, 0.25) is 0 Å². The zero-order valence-corrected chi connectivity index (χ0v) is 14.4. The number of hydrogen-bond donors (Lipinski definition) is 2. The number of nitrogens with zero attached hydrogens (tertiary/aromatic N) is 1. The summed E-state index contributed by atoms with van der Waals surface area (Å²) in [4.78, 5) is 38.9. The molecule has 0 spiro atoms. The number of ether oxygens (including phenoxy) is 2. The van der Waals surface area contributed by atoms with Gasteiger partial charge in [0.25, 0.3) is 5.91 Å². The van der Waals surface area contributed by atoms with Gasteiger partial charge in [-0.2, -0.15) is 0 Å². The van der Waals surface area contributed by atoms with E-state index in [4.69, 9.17) is 4.74 Å². The van der Waals surface area contributed by atoms with Gasteiger partial charge in [-0.3, -0.25) is 14.9 Å². The van der Waals surface area contributed by atoms with Crippen molar-refractivity contribution in [3.63, 3.8) is 0 Å². The molecule has 2 N–H and O–H groups in total. The second-order valence-corrected chi connectivity index (χ2v) is 5.90. The van der Waals surface area contributed by atoms with Gasteiger partial charge >= 0.3 is 11.9 Å². The molecule has 1 heterocycles. The molecule has 0 aliphatic rings. The van der Waals surface area contributed by atoms with Crippen molar-refractivity contribution >= 4 is 34.3 Å². The summed E-state index contributed by atoms with van der Waals surface area (Å²) in [6, 6.07) is 4.49. The van der Waals surface area contributed by atoms with E-state index in [-0.39, 0.29) is 22.9 Å². The Morgan fingerprint density at radius 2 is 2.08 bits per heavy atom. The predicted octanol–water partition coefficient (Wildman–Crippen LogP) is 1.67. The van der Waals surface area contributed by atoms with Crippen LogP contribution in [0.4, 0.5) is 5.13 Å². The Hall–Kier alpha value is -2.94. The van der Waals surface area contributed by atoms with Gasteiger partial charge in [-0.05, 0) is 24.6 Å². The second-order valence-electron chi connectivity index (χ2n) is 5.04. The van der Waals surface area contributed by atoms with Crippen LogP contribution in [0.2, 0.25) is 0 Å². The van der Waals surface area contributed by atoms with Crippen molar-refractivity contribution in [3.8, 4) is 5.75 Å². The average molecular weight is 364 g/mol. The van der Waals surface area contributed by atoms with Crippen molar-refractivity contribution in [2.24, 2.45) is 0 Å². The molecule has 0 unspecified atom stereocenters. The molecule has 0 saturated heterocycles. The van der Waals surface area contributed by atoms with E-state index in [1.54, 1.807) is 18.4 Å². The number of phenols is 1. The Bertz CT molecular complexity index is 802. The lowest BCUT2D eigenvalue weighted by Gasteiger charge is -2.06. The number of aryl methyl sites for hydroxylation is 1. The summed E-state index contributed by atoms with van der Waals surface area (Å²) < 4.78 is 9.39. The molecular formula is C16H16N2O6S. The number of methoxy groups -OCH3 is 1. The highest BCUT2D eigenvalue weighted by Gasteiger charge is 2.15. The van der Waals surface area contributed by atoms with E-state index >= 15 is 0 Å². The van der Waals surface area contributed by atoms with Gasteiger partial charge in [-0.1, -0.05) is 6.07 Å². The summed E-state index contributed by atoms with van der Waals surface area (Å²) in [7, 11) is 1.28. The Balaban J connectivity index is 1.86. The normalized spacial score (nSPS) is 10.2. The predicted molar refractivity (Wildman–Crippen MR) is 89.6 cm³/mol. The summed E-state index contributed by atoms with van der Waals surface area (Å²) >= 11 is 1.13. The number of anilines is 1. The smallest absolute Gasteiger partial charge is 0.342 e. The highest BCUT2D eigenvalue weighted by Crippen LogP contribution is 2.19. The molecule has 0 saturated carbocycles. The molecule has 8 nitrogen and oxygen atoms in total. The molecule has 1 aromatic heterocycles. The quantitative estimate of drug-likeness (QED) is 0.749. The van der Waals surface area contributed by atoms with Crippen LogP contribution in [0.1, 0.15) is 21.6 Å². The molecule has 0 bridgehead atoms. The van der Waals surface area contributed by atoms with Gasteiger partial charge < -0.3 is 14.6 Å². The fraction of sp³-hybridized carbons (Fsp3) is 0.250. The maximum atomic E-state index is 11.9. The number of rotatable bonds is 6. The summed E-state index contributed by atoms with van der Waals surface area (Å²) in [5.41, 5.74) is 1.24. The molecule has 25 heavy (non-hydrogen) atoms. The zero-order valence-electron chi connectivity index (χ0n) is 13.6. The van der Waals surface area contributed by atoms with Crippen LogP contribution in [0.15, 0.2) is 23.6 Å². The highest BCUT2D eigenvalue weighted by atomic mass is 32.1. The lowest BCUT2D eigenvalue weighted by Crippen LogP contribution is -2.21. The third-order valence-electron chi connectivity index (χ3n) is 3.06. The molecular weight excluding hydrogens is 348 g/mol. The number of thiazole rings is 1. The molecule has 132 valence electrons. The number of carbonyl (C=O) groups is 3. The first kappa shape index (κ1) is 18.4. The standard InChI is InChI=1S/C16H16N2O6S/c1-9-3-4-11(12(19)5-9)15(22)24-7-13(20)18-16-17-10(8-25-16)6-14(21)23-2/h3-5,8,19H,6-7H2,1-2H3,(H,17,18,20). The minimum atomic E-state index is -0.807. The van der Waals surface area contributed by atoms with Crippen LogP contribution >= 0.6 is 11.3 Å². The third kappa shape index (κ3) is 5.28. The van der Waals surface area contributed by atoms with Crippen LogP contribution in [-0.2, 0) is 25.5 Å². The van der Waals surface area contributed by atoms with E-state index in [0.717, 1.165) is 16.9 Å². The van der Waals surface area contributed by atoms with Crippen molar-refractivity contribution < 1.29 is 29.0 Å². The number of aromatic hydroxyl groups is 1. The minimum absolute atomic E-state index is 0.00452. The van der Waals surface area contributed by atoms with Crippen molar-refractivity contribution in [1.82, 2.24) is 4.98 Å². The van der Waals surface area contributed by atoms with E-state index in [9.17, 15) is 19.5 Å². The highest BCUT2D eigenvalue weighted by molar-refractivity contribution is 7.13. The van der Waals surface area contributed by atoms with E-state index in [2.05, 4.69) is 15.0 Å². The molecule has 0 aliphatic heterocycles. The van der Waals surface area contributed by atoms with E-state index in [1.165, 1.54) is 19.2 Å². The van der Waals surface area contributed by atoms with Crippen molar-refractivity contribution in [1.29, 1.82) is 0 Å². The fourth-order valence-corrected chi connectivity index (χ4v) is 2.57. The lowest BCUT2D eigenvalue weighted by molar-refractivity contribution is -0.139. The summed E-state index contributed by atoms with van der Waals surface area (Å²) in [5, 5.41) is 14.1. The number of phenolic OH excluding ortho intramolecular Hbond substituents is 1. The zero-order chi connectivity index (χ0) is 18.4. The van der Waals surface area contributed by atoms with Crippen molar-refractivity contribution in [3.05, 3.63) is 40.4 Å². The number of benzene rings is 1. The number of esters is 2. The Morgan fingerprint density at radius 1 is 1.32 bits per heavy atom. The van der Waals surface area contributed by atoms with Crippen LogP contribution in [0, 0.1) is 6.92 Å². The number of nitrogens with one attached hydrogen (secondary N) is 1. The number of amides is 1. The maximum absolute atomic E-state index is 11.9. The van der Waals surface area contributed by atoms with Gasteiger partial charge in [0.1, 0.15) is 11.3 Å². The van der Waals surface area contributed by atoms with Crippen molar-refractivity contribution in [2.45, 2.75) is 13.3 Å². The van der Waals surface area contributed by atoms with Crippen LogP contribution in [-0.4, -0.2) is 41.7 Å². The third-order valence-corrected chi connectivity index (χ3v) is 3.87. The largest absolute Gasteiger partial charge is 0.507 e.